The van der Waals surface area contributed by atoms with E-state index in [2.05, 4.69) is 14.8 Å². The first-order valence-electron chi connectivity index (χ1n) is 12.5. The predicted octanol–water partition coefficient (Wildman–Crippen LogP) is 3.60. The Morgan fingerprint density at radius 2 is 1.93 bits per heavy atom. The molecule has 0 unspecified atom stereocenters. The standard InChI is InChI=1S/C25H29N5O8S3/c1-14(2)10-11-29-24(32)20(22(31)21(27-29)18-7-6-12-39-18)23-26-17-9-8-16(13-19(17)41(36,37)28-23)30(40(5,34)35)25(33)38-15(3)4/h6-9,12-15,31H,10-11H2,1-5H3,(H,26,28). The van der Waals surface area contributed by atoms with E-state index in [1.807, 2.05) is 13.8 Å². The summed E-state index contributed by atoms with van der Waals surface area (Å²) in [5.74, 6) is -0.730. The molecule has 1 amide bonds. The molecule has 0 atom stereocenters. The first-order valence-corrected chi connectivity index (χ1v) is 16.6. The van der Waals surface area contributed by atoms with Gasteiger partial charge in [-0.15, -0.1) is 15.7 Å². The fourth-order valence-electron chi connectivity index (χ4n) is 3.95. The van der Waals surface area contributed by atoms with E-state index in [0.717, 1.165) is 12.3 Å². The molecule has 0 saturated heterocycles. The van der Waals surface area contributed by atoms with Crippen molar-refractivity contribution >= 4 is 54.7 Å². The minimum atomic E-state index is -4.55. The second-order valence-electron chi connectivity index (χ2n) is 9.94. The molecule has 2 N–H and O–H groups in total. The molecule has 4 rings (SSSR count). The van der Waals surface area contributed by atoms with Gasteiger partial charge in [0.15, 0.2) is 11.6 Å². The highest BCUT2D eigenvalue weighted by Crippen LogP contribution is 2.36. The summed E-state index contributed by atoms with van der Waals surface area (Å²) in [6.07, 6.45) is -0.476. The summed E-state index contributed by atoms with van der Waals surface area (Å²) in [6, 6.07) is 6.85. The first-order chi connectivity index (χ1) is 19.1. The Labute approximate surface area is 241 Å². The van der Waals surface area contributed by atoms with Crippen molar-refractivity contribution in [3.8, 4) is 16.3 Å². The van der Waals surface area contributed by atoms with Crippen LogP contribution in [0.4, 0.5) is 16.2 Å². The highest BCUT2D eigenvalue weighted by Gasteiger charge is 2.34. The highest BCUT2D eigenvalue weighted by atomic mass is 32.2. The van der Waals surface area contributed by atoms with Crippen LogP contribution in [0.2, 0.25) is 0 Å². The molecule has 0 radical (unpaired) electrons. The zero-order valence-electron chi connectivity index (χ0n) is 22.9. The minimum Gasteiger partial charge on any atom is -0.505 e. The summed E-state index contributed by atoms with van der Waals surface area (Å²) in [6.45, 7) is 7.24. The number of sulfonamides is 2. The van der Waals surface area contributed by atoms with Gasteiger partial charge >= 0.3 is 6.09 Å². The van der Waals surface area contributed by atoms with Crippen LogP contribution >= 0.6 is 11.3 Å². The average Bonchev–Trinajstić information content (AvgIpc) is 3.37. The maximum Gasteiger partial charge on any atom is 0.428 e. The molecule has 2 aromatic heterocycles. The van der Waals surface area contributed by atoms with Gasteiger partial charge < -0.3 is 15.2 Å². The number of hydrogen-bond acceptors (Lipinski definition) is 11. The Balaban J connectivity index is 1.85. The topological polar surface area (TPSA) is 177 Å². The normalized spacial score (nSPS) is 14.4. The monoisotopic (exact) mass is 623 g/mol. The SMILES string of the molecule is CC(C)CCn1nc(-c2cccs2)c(O)c(C2=NS(=O)(=O)c3cc(N(C(=O)OC(C)C)S(C)(=O)=O)ccc3N2)c1=O. The van der Waals surface area contributed by atoms with Crippen LogP contribution in [-0.4, -0.2) is 56.0 Å². The number of aromatic nitrogens is 2. The summed E-state index contributed by atoms with van der Waals surface area (Å²) < 4.78 is 61.8. The Bertz CT molecular complexity index is 1790. The first kappa shape index (κ1) is 30.2. The average molecular weight is 624 g/mol. The number of carbonyl (C=O) groups excluding carboxylic acids is 1. The maximum absolute atomic E-state index is 13.5. The molecule has 0 spiro atoms. The predicted molar refractivity (Wildman–Crippen MR) is 156 cm³/mol. The molecular weight excluding hydrogens is 595 g/mol. The summed E-state index contributed by atoms with van der Waals surface area (Å²) in [4.78, 5) is 26.1. The fourth-order valence-corrected chi connectivity index (χ4v) is 6.61. The van der Waals surface area contributed by atoms with Crippen LogP contribution in [0, 0.1) is 5.92 Å². The lowest BCUT2D eigenvalue weighted by atomic mass is 10.1. The number of hydrogen-bond donors (Lipinski definition) is 2. The third-order valence-corrected chi connectivity index (χ3v) is 9.03. The molecule has 1 aromatic carbocycles. The van der Waals surface area contributed by atoms with E-state index in [0.29, 0.717) is 15.6 Å². The highest BCUT2D eigenvalue weighted by molar-refractivity contribution is 7.92. The van der Waals surface area contributed by atoms with Crippen molar-refractivity contribution in [3.05, 3.63) is 51.6 Å². The third kappa shape index (κ3) is 6.28. The van der Waals surface area contributed by atoms with Gasteiger partial charge in [0.2, 0.25) is 10.0 Å². The Kier molecular flexibility index (Phi) is 8.29. The van der Waals surface area contributed by atoms with Gasteiger partial charge in [-0.2, -0.15) is 17.8 Å². The van der Waals surface area contributed by atoms with Gasteiger partial charge in [-0.25, -0.2) is 17.9 Å². The molecule has 1 aliphatic rings. The van der Waals surface area contributed by atoms with Crippen molar-refractivity contribution in [1.82, 2.24) is 9.78 Å². The van der Waals surface area contributed by atoms with Crippen LogP contribution in [0.3, 0.4) is 0 Å². The molecule has 0 fully saturated rings. The van der Waals surface area contributed by atoms with E-state index in [4.69, 9.17) is 4.74 Å². The van der Waals surface area contributed by atoms with Crippen molar-refractivity contribution in [2.24, 2.45) is 10.3 Å². The van der Waals surface area contributed by atoms with E-state index in [-0.39, 0.29) is 35.1 Å². The number of ether oxygens (including phenoxy) is 1. The van der Waals surface area contributed by atoms with Gasteiger partial charge in [0.25, 0.3) is 15.6 Å². The zero-order valence-corrected chi connectivity index (χ0v) is 25.3. The molecule has 16 heteroatoms. The summed E-state index contributed by atoms with van der Waals surface area (Å²) in [7, 11) is -8.76. The molecule has 3 aromatic rings. The van der Waals surface area contributed by atoms with E-state index < -0.39 is 54.3 Å². The number of aromatic hydroxyl groups is 1. The smallest absolute Gasteiger partial charge is 0.428 e. The number of carbonyl (C=O) groups is 1. The molecule has 41 heavy (non-hydrogen) atoms. The second-order valence-corrected chi connectivity index (χ2v) is 14.3. The summed E-state index contributed by atoms with van der Waals surface area (Å²) in [5.41, 5.74) is -1.38. The van der Waals surface area contributed by atoms with Crippen molar-refractivity contribution < 1.29 is 31.5 Å². The molecule has 220 valence electrons. The summed E-state index contributed by atoms with van der Waals surface area (Å²) in [5, 5.41) is 20.0. The zero-order chi connectivity index (χ0) is 30.3. The van der Waals surface area contributed by atoms with Crippen molar-refractivity contribution in [2.45, 2.75) is 51.7 Å². The van der Waals surface area contributed by atoms with Gasteiger partial charge in [0.05, 0.1) is 28.6 Å². The van der Waals surface area contributed by atoms with E-state index >= 15 is 0 Å². The number of rotatable bonds is 8. The number of amidine groups is 1. The summed E-state index contributed by atoms with van der Waals surface area (Å²) >= 11 is 1.28. The molecule has 0 bridgehead atoms. The maximum atomic E-state index is 13.5. The van der Waals surface area contributed by atoms with Gasteiger partial charge in [0, 0.05) is 6.54 Å². The van der Waals surface area contributed by atoms with E-state index in [1.165, 1.54) is 42.0 Å². The number of thiophene rings is 1. The van der Waals surface area contributed by atoms with Crippen LogP contribution in [-0.2, 0) is 31.3 Å². The Hall–Kier alpha value is -3.76. The quantitative estimate of drug-likeness (QED) is 0.377. The lowest BCUT2D eigenvalue weighted by Crippen LogP contribution is -2.38. The molecular formula is C25H29N5O8S3. The van der Waals surface area contributed by atoms with Crippen molar-refractivity contribution in [1.29, 1.82) is 0 Å². The Morgan fingerprint density at radius 1 is 1.22 bits per heavy atom. The number of aryl methyl sites for hydroxylation is 1. The van der Waals surface area contributed by atoms with Gasteiger partial charge in [-0.1, -0.05) is 19.9 Å². The van der Waals surface area contributed by atoms with E-state index in [9.17, 15) is 31.5 Å². The number of nitrogens with one attached hydrogen (secondary N) is 1. The second kappa shape index (κ2) is 11.3. The van der Waals surface area contributed by atoms with Gasteiger partial charge in [-0.05, 0) is 55.8 Å². The van der Waals surface area contributed by atoms with Crippen LogP contribution in [0.15, 0.2) is 49.8 Å². The number of fused-ring (bicyclic) bond motifs is 1. The lowest BCUT2D eigenvalue weighted by Gasteiger charge is -2.24. The van der Waals surface area contributed by atoms with Crippen LogP contribution in [0.5, 0.6) is 5.75 Å². The fraction of sp³-hybridized carbons (Fsp3) is 0.360. The molecule has 1 aliphatic heterocycles. The molecule has 0 aliphatic carbocycles. The van der Waals surface area contributed by atoms with Crippen LogP contribution < -0.4 is 15.2 Å². The number of nitrogens with zero attached hydrogens (tertiary/aromatic N) is 4. The van der Waals surface area contributed by atoms with Gasteiger partial charge in [-0.3, -0.25) is 4.79 Å². The van der Waals surface area contributed by atoms with E-state index in [1.54, 1.807) is 17.5 Å². The molecule has 13 nitrogen and oxygen atoms in total. The van der Waals surface area contributed by atoms with Gasteiger partial charge in [0.1, 0.15) is 16.2 Å². The largest absolute Gasteiger partial charge is 0.505 e. The van der Waals surface area contributed by atoms with Crippen molar-refractivity contribution in [2.75, 3.05) is 15.9 Å². The number of amides is 1. The molecule has 0 saturated carbocycles. The minimum absolute atomic E-state index is 0.0496. The van der Waals surface area contributed by atoms with Crippen LogP contribution in [0.1, 0.15) is 39.7 Å². The third-order valence-electron chi connectivity index (χ3n) is 5.82. The van der Waals surface area contributed by atoms with Crippen LogP contribution in [0.25, 0.3) is 10.6 Å². The number of benzene rings is 1. The lowest BCUT2D eigenvalue weighted by molar-refractivity contribution is 0.126. The molecule has 3 heterocycles. The Morgan fingerprint density at radius 3 is 2.51 bits per heavy atom. The number of anilines is 2. The van der Waals surface area contributed by atoms with Crippen molar-refractivity contribution in [3.63, 3.8) is 0 Å².